The molecule has 2 heterocycles. The minimum Gasteiger partial charge on any atom is -0.337 e. The number of hydrogen-bond donors (Lipinski definition) is 0. The first-order valence-corrected chi connectivity index (χ1v) is 8.86. The molecule has 5 nitrogen and oxygen atoms in total. The maximum absolute atomic E-state index is 12.4. The average molecular weight is 347 g/mol. The summed E-state index contributed by atoms with van der Waals surface area (Å²) >= 11 is 0. The van der Waals surface area contributed by atoms with Gasteiger partial charge in [0.15, 0.2) is 0 Å². The zero-order valence-electron chi connectivity index (χ0n) is 15.0. The molecule has 1 aliphatic heterocycles. The molecule has 0 radical (unpaired) electrons. The Kier molecular flexibility index (Phi) is 4.29. The van der Waals surface area contributed by atoms with Gasteiger partial charge in [-0.2, -0.15) is 4.98 Å². The fraction of sp³-hybridized carbons (Fsp3) is 0.286. The molecule has 2 aromatic carbocycles. The van der Waals surface area contributed by atoms with E-state index in [1.807, 2.05) is 54.3 Å². The lowest BCUT2D eigenvalue weighted by atomic mass is 10.1. The summed E-state index contributed by atoms with van der Waals surface area (Å²) in [5.74, 6) is 1.23. The molecule has 1 unspecified atom stereocenters. The van der Waals surface area contributed by atoms with Gasteiger partial charge in [0.2, 0.25) is 17.6 Å². The van der Waals surface area contributed by atoms with Crippen LogP contribution in [0.15, 0.2) is 53.1 Å². The Balaban J connectivity index is 1.60. The number of likely N-dealkylation sites (tertiary alicyclic amines) is 1. The van der Waals surface area contributed by atoms with Crippen molar-refractivity contribution in [3.63, 3.8) is 0 Å². The Morgan fingerprint density at radius 1 is 1.15 bits per heavy atom. The van der Waals surface area contributed by atoms with Gasteiger partial charge in [-0.15, -0.1) is 0 Å². The Hall–Kier alpha value is -2.95. The van der Waals surface area contributed by atoms with Crippen LogP contribution >= 0.6 is 0 Å². The van der Waals surface area contributed by atoms with Crippen LogP contribution in [0.4, 0.5) is 0 Å². The molecular formula is C21H21N3O2. The molecule has 1 amide bonds. The average Bonchev–Trinajstić information content (AvgIpc) is 3.24. The number of rotatable bonds is 4. The number of aromatic nitrogens is 2. The van der Waals surface area contributed by atoms with E-state index >= 15 is 0 Å². The Morgan fingerprint density at radius 2 is 1.96 bits per heavy atom. The molecule has 26 heavy (non-hydrogen) atoms. The second-order valence-corrected chi connectivity index (χ2v) is 6.84. The van der Waals surface area contributed by atoms with Crippen LogP contribution in [0.2, 0.25) is 0 Å². The van der Waals surface area contributed by atoms with Crippen LogP contribution in [-0.4, -0.2) is 20.9 Å². The summed E-state index contributed by atoms with van der Waals surface area (Å²) in [5.41, 5.74) is 4.37. The maximum Gasteiger partial charge on any atom is 0.249 e. The van der Waals surface area contributed by atoms with E-state index in [1.54, 1.807) is 0 Å². The summed E-state index contributed by atoms with van der Waals surface area (Å²) in [6, 6.07) is 16.0. The van der Waals surface area contributed by atoms with E-state index in [1.165, 1.54) is 5.56 Å². The molecule has 1 atom stereocenters. The van der Waals surface area contributed by atoms with E-state index in [-0.39, 0.29) is 11.9 Å². The van der Waals surface area contributed by atoms with E-state index in [4.69, 9.17) is 4.52 Å². The van der Waals surface area contributed by atoms with Crippen LogP contribution in [0, 0.1) is 13.8 Å². The highest BCUT2D eigenvalue weighted by atomic mass is 16.5. The van der Waals surface area contributed by atoms with Gasteiger partial charge < -0.3 is 9.42 Å². The third-order valence-electron chi connectivity index (χ3n) is 4.87. The van der Waals surface area contributed by atoms with E-state index in [2.05, 4.69) is 23.1 Å². The van der Waals surface area contributed by atoms with Crippen LogP contribution < -0.4 is 0 Å². The standard InChI is InChI=1S/C21H21N3O2/c1-14-8-9-17(15(2)12-14)20-22-21(26-23-20)18-10-11-19(25)24(18)13-16-6-4-3-5-7-16/h3-9,12,18H,10-11,13H2,1-2H3. The van der Waals surface area contributed by atoms with Gasteiger partial charge in [-0.1, -0.05) is 59.3 Å². The van der Waals surface area contributed by atoms with Gasteiger partial charge in [0.25, 0.3) is 0 Å². The topological polar surface area (TPSA) is 59.2 Å². The molecule has 0 aliphatic carbocycles. The van der Waals surface area contributed by atoms with Crippen molar-refractivity contribution in [2.75, 3.05) is 0 Å². The minimum atomic E-state index is -0.158. The van der Waals surface area contributed by atoms with Crippen LogP contribution in [0.25, 0.3) is 11.4 Å². The van der Waals surface area contributed by atoms with Crippen molar-refractivity contribution in [2.45, 2.75) is 39.3 Å². The summed E-state index contributed by atoms with van der Waals surface area (Å²) in [4.78, 5) is 18.8. The molecule has 1 aromatic heterocycles. The van der Waals surface area contributed by atoms with Crippen molar-refractivity contribution in [1.29, 1.82) is 0 Å². The van der Waals surface area contributed by atoms with Crippen molar-refractivity contribution in [2.24, 2.45) is 0 Å². The normalized spacial score (nSPS) is 17.1. The minimum absolute atomic E-state index is 0.130. The molecule has 1 aliphatic rings. The zero-order chi connectivity index (χ0) is 18.1. The van der Waals surface area contributed by atoms with Gasteiger partial charge in [0, 0.05) is 18.5 Å². The van der Waals surface area contributed by atoms with E-state index < -0.39 is 0 Å². The van der Waals surface area contributed by atoms with Crippen molar-refractivity contribution >= 4 is 5.91 Å². The lowest BCUT2D eigenvalue weighted by molar-refractivity contribution is -0.129. The molecular weight excluding hydrogens is 326 g/mol. The fourth-order valence-corrected chi connectivity index (χ4v) is 3.51. The molecule has 132 valence electrons. The van der Waals surface area contributed by atoms with Gasteiger partial charge >= 0.3 is 0 Å². The monoisotopic (exact) mass is 347 g/mol. The lowest BCUT2D eigenvalue weighted by Gasteiger charge is -2.22. The molecule has 0 saturated carbocycles. The number of carbonyl (C=O) groups is 1. The van der Waals surface area contributed by atoms with Crippen LogP contribution in [0.1, 0.15) is 41.5 Å². The number of aryl methyl sites for hydroxylation is 2. The lowest BCUT2D eigenvalue weighted by Crippen LogP contribution is -2.27. The second kappa shape index (κ2) is 6.75. The second-order valence-electron chi connectivity index (χ2n) is 6.84. The van der Waals surface area contributed by atoms with Gasteiger partial charge in [-0.25, -0.2) is 0 Å². The number of benzene rings is 2. The number of nitrogens with zero attached hydrogens (tertiary/aromatic N) is 3. The van der Waals surface area contributed by atoms with Crippen molar-refractivity contribution in [3.8, 4) is 11.4 Å². The summed E-state index contributed by atoms with van der Waals surface area (Å²) < 4.78 is 5.55. The summed E-state index contributed by atoms with van der Waals surface area (Å²) in [7, 11) is 0. The third kappa shape index (κ3) is 3.12. The van der Waals surface area contributed by atoms with Gasteiger partial charge in [0.05, 0.1) is 0 Å². The highest BCUT2D eigenvalue weighted by Crippen LogP contribution is 2.34. The first kappa shape index (κ1) is 16.5. The van der Waals surface area contributed by atoms with Crippen molar-refractivity contribution in [1.82, 2.24) is 15.0 Å². The molecule has 5 heteroatoms. The molecule has 0 bridgehead atoms. The SMILES string of the molecule is Cc1ccc(-c2noc(C3CCC(=O)N3Cc3ccccc3)n2)c(C)c1. The Bertz CT molecular complexity index is 933. The first-order valence-electron chi connectivity index (χ1n) is 8.86. The number of hydrogen-bond acceptors (Lipinski definition) is 4. The largest absolute Gasteiger partial charge is 0.337 e. The van der Waals surface area contributed by atoms with Gasteiger partial charge in [-0.05, 0) is 31.4 Å². The Morgan fingerprint density at radius 3 is 2.73 bits per heavy atom. The van der Waals surface area contributed by atoms with Gasteiger partial charge in [-0.3, -0.25) is 4.79 Å². The molecule has 3 aromatic rings. The molecule has 0 spiro atoms. The Labute approximate surface area is 152 Å². The van der Waals surface area contributed by atoms with Crippen molar-refractivity contribution < 1.29 is 9.32 Å². The van der Waals surface area contributed by atoms with E-state index in [0.717, 1.165) is 16.7 Å². The molecule has 0 N–H and O–H groups in total. The van der Waals surface area contributed by atoms with Crippen LogP contribution in [0.3, 0.4) is 0 Å². The predicted octanol–water partition coefficient (Wildman–Crippen LogP) is 4.22. The maximum atomic E-state index is 12.4. The number of carbonyl (C=O) groups excluding carboxylic acids is 1. The van der Waals surface area contributed by atoms with Crippen molar-refractivity contribution in [3.05, 3.63) is 71.1 Å². The highest BCUT2D eigenvalue weighted by Gasteiger charge is 2.36. The highest BCUT2D eigenvalue weighted by molar-refractivity contribution is 5.78. The zero-order valence-corrected chi connectivity index (χ0v) is 15.0. The van der Waals surface area contributed by atoms with Gasteiger partial charge in [0.1, 0.15) is 6.04 Å². The van der Waals surface area contributed by atoms with Crippen LogP contribution in [-0.2, 0) is 11.3 Å². The predicted molar refractivity (Wildman–Crippen MR) is 98.2 cm³/mol. The molecule has 4 rings (SSSR count). The quantitative estimate of drug-likeness (QED) is 0.709. The van der Waals surface area contributed by atoms with Crippen LogP contribution in [0.5, 0.6) is 0 Å². The number of amides is 1. The third-order valence-corrected chi connectivity index (χ3v) is 4.87. The summed E-state index contributed by atoms with van der Waals surface area (Å²) in [6.07, 6.45) is 1.22. The summed E-state index contributed by atoms with van der Waals surface area (Å²) in [6.45, 7) is 4.66. The fourth-order valence-electron chi connectivity index (χ4n) is 3.51. The van der Waals surface area contributed by atoms with E-state index in [9.17, 15) is 4.79 Å². The smallest absolute Gasteiger partial charge is 0.249 e. The molecule has 1 saturated heterocycles. The first-order chi connectivity index (χ1) is 12.6. The summed E-state index contributed by atoms with van der Waals surface area (Å²) in [5, 5.41) is 4.16. The molecule has 1 fully saturated rings. The van der Waals surface area contributed by atoms with E-state index in [0.29, 0.717) is 31.1 Å².